The molecule has 0 unspecified atom stereocenters. The summed E-state index contributed by atoms with van der Waals surface area (Å²) < 4.78 is 14.4. The van der Waals surface area contributed by atoms with Gasteiger partial charge in [-0.05, 0) is 100 Å². The molecular formula is C39H50Cl3N17O8. The monoisotopic (exact) mass is 989 g/mol. The van der Waals surface area contributed by atoms with Crippen LogP contribution in [0, 0.1) is 0 Å². The van der Waals surface area contributed by atoms with Crippen molar-refractivity contribution in [3.8, 4) is 0 Å². The first-order valence-corrected chi connectivity index (χ1v) is 23.3. The Morgan fingerprint density at radius 3 is 1.28 bits per heavy atom. The highest BCUT2D eigenvalue weighted by Crippen LogP contribution is 2.36. The SMILES string of the molecule is CCNC(=O)[C@H]1O[C@@H](n2cnc3c(N[C@H]4CC[C@H](Nc5nc(Cl)nc(N[C@H]6CC[C@H](Nc7nc(Cl)nc8c7ncn8[C@@H]7O[C@H](C(=O)NCC)[C@@H](O)[C@H]7O)CC6)n5)CC4)nc(Cl)nc32)[C@H](O)[C@@H]1O. The van der Waals surface area contributed by atoms with Crippen LogP contribution >= 0.6 is 34.8 Å². The summed E-state index contributed by atoms with van der Waals surface area (Å²) >= 11 is 19.1. The molecule has 0 radical (unpaired) electrons. The van der Waals surface area contributed by atoms with E-state index in [1.807, 2.05) is 0 Å². The van der Waals surface area contributed by atoms with Crippen LogP contribution in [0.5, 0.6) is 0 Å². The number of fused-ring (bicyclic) bond motifs is 2. The van der Waals surface area contributed by atoms with Gasteiger partial charge in [0.1, 0.15) is 24.4 Å². The number of carbonyl (C=O) groups is 2. The number of hydrogen-bond donors (Lipinski definition) is 10. The number of hydrogen-bond acceptors (Lipinski definition) is 21. The van der Waals surface area contributed by atoms with E-state index in [2.05, 4.69) is 76.8 Å². The van der Waals surface area contributed by atoms with E-state index in [1.54, 1.807) is 13.8 Å². The molecule has 360 valence electrons. The van der Waals surface area contributed by atoms with Gasteiger partial charge in [0, 0.05) is 37.3 Å². The number of aliphatic hydroxyl groups is 4. The zero-order valence-electron chi connectivity index (χ0n) is 36.1. The number of aliphatic hydroxyl groups excluding tert-OH is 4. The third-order valence-corrected chi connectivity index (χ3v) is 12.9. The summed E-state index contributed by atoms with van der Waals surface area (Å²) in [6.07, 6.45) is -1.72. The molecule has 67 heavy (non-hydrogen) atoms. The fourth-order valence-electron chi connectivity index (χ4n) is 9.11. The summed E-state index contributed by atoms with van der Waals surface area (Å²) in [5.74, 6) is 0.434. The molecule has 2 saturated heterocycles. The minimum Gasteiger partial charge on any atom is -0.387 e. The molecular weight excluding hydrogens is 941 g/mol. The predicted octanol–water partition coefficient (Wildman–Crippen LogP) is 1.29. The molecule has 0 aromatic carbocycles. The molecule has 2 amide bonds. The van der Waals surface area contributed by atoms with Crippen LogP contribution < -0.4 is 31.9 Å². The highest BCUT2D eigenvalue weighted by atomic mass is 35.5. The lowest BCUT2D eigenvalue weighted by molar-refractivity contribution is -0.138. The van der Waals surface area contributed by atoms with Crippen molar-refractivity contribution in [1.82, 2.24) is 64.6 Å². The average Bonchev–Trinajstić information content (AvgIpc) is 4.06. The van der Waals surface area contributed by atoms with Crippen LogP contribution in [0.4, 0.5) is 23.5 Å². The topological polar surface area (TPSA) is 332 Å². The number of anilines is 4. The van der Waals surface area contributed by atoms with Crippen LogP contribution in [-0.4, -0.2) is 160 Å². The van der Waals surface area contributed by atoms with Crippen LogP contribution in [-0.2, 0) is 19.1 Å². The Kier molecular flexibility index (Phi) is 13.9. The Hall–Kier alpha value is -5.12. The lowest BCUT2D eigenvalue weighted by Crippen LogP contribution is -2.42. The number of imidazole rings is 2. The van der Waals surface area contributed by atoms with Gasteiger partial charge in [-0.3, -0.25) is 18.7 Å². The number of amides is 2. The Morgan fingerprint density at radius 2 is 0.910 bits per heavy atom. The van der Waals surface area contributed by atoms with Gasteiger partial charge in [-0.2, -0.15) is 34.9 Å². The van der Waals surface area contributed by atoms with E-state index >= 15 is 0 Å². The van der Waals surface area contributed by atoms with Crippen molar-refractivity contribution >= 4 is 92.5 Å². The molecule has 10 N–H and O–H groups in total. The van der Waals surface area contributed by atoms with Gasteiger partial charge in [0.15, 0.2) is 58.6 Å². The maximum atomic E-state index is 12.4. The van der Waals surface area contributed by atoms with Crippen LogP contribution in [0.15, 0.2) is 12.7 Å². The normalized spacial score (nSPS) is 29.8. The van der Waals surface area contributed by atoms with E-state index in [9.17, 15) is 30.0 Å². The second-order valence-corrected chi connectivity index (χ2v) is 17.9. The van der Waals surface area contributed by atoms with E-state index in [4.69, 9.17) is 44.3 Å². The molecule has 4 aliphatic rings. The zero-order chi connectivity index (χ0) is 47.1. The number of likely N-dealkylation sites (N-methyl/N-ethyl adjacent to an activating group) is 2. The number of ether oxygens (including phenoxy) is 2. The van der Waals surface area contributed by atoms with Gasteiger partial charge in [-0.25, -0.2) is 9.97 Å². The van der Waals surface area contributed by atoms with Crippen molar-refractivity contribution in [3.05, 3.63) is 28.5 Å². The molecule has 0 spiro atoms. The van der Waals surface area contributed by atoms with Crippen molar-refractivity contribution in [3.63, 3.8) is 0 Å². The van der Waals surface area contributed by atoms with Gasteiger partial charge in [-0.15, -0.1) is 0 Å². The molecule has 0 bridgehead atoms. The van der Waals surface area contributed by atoms with Crippen LogP contribution in [0.3, 0.4) is 0 Å². The summed E-state index contributed by atoms with van der Waals surface area (Å²) in [5.41, 5.74) is 1.30. The molecule has 8 atom stereocenters. The number of nitrogens with zero attached hydrogens (tertiary/aromatic N) is 11. The summed E-state index contributed by atoms with van der Waals surface area (Å²) in [6.45, 7) is 4.15. The molecule has 2 aliphatic carbocycles. The zero-order valence-corrected chi connectivity index (χ0v) is 38.4. The third-order valence-electron chi connectivity index (χ3n) is 12.4. The Morgan fingerprint density at radius 1 is 0.552 bits per heavy atom. The second kappa shape index (κ2) is 19.8. The molecule has 2 saturated carbocycles. The summed E-state index contributed by atoms with van der Waals surface area (Å²) in [6, 6.07) is 0.115. The maximum absolute atomic E-state index is 12.4. The Labute approximate surface area is 396 Å². The number of rotatable bonds is 14. The van der Waals surface area contributed by atoms with Gasteiger partial charge in [0.25, 0.3) is 11.8 Å². The highest BCUT2D eigenvalue weighted by Gasteiger charge is 2.49. The van der Waals surface area contributed by atoms with Crippen LogP contribution in [0.25, 0.3) is 22.3 Å². The van der Waals surface area contributed by atoms with Crippen molar-refractivity contribution in [2.24, 2.45) is 0 Å². The van der Waals surface area contributed by atoms with E-state index in [0.717, 1.165) is 51.4 Å². The van der Waals surface area contributed by atoms with Gasteiger partial charge in [-0.1, -0.05) is 0 Å². The first kappa shape index (κ1) is 47.0. The smallest absolute Gasteiger partial charge is 0.252 e. The highest BCUT2D eigenvalue weighted by molar-refractivity contribution is 6.29. The first-order chi connectivity index (χ1) is 32.3. The van der Waals surface area contributed by atoms with Gasteiger partial charge in [0.2, 0.25) is 27.7 Å². The molecule has 25 nitrogen and oxygen atoms in total. The van der Waals surface area contributed by atoms with E-state index < -0.39 is 60.9 Å². The van der Waals surface area contributed by atoms with Crippen molar-refractivity contribution < 1.29 is 39.5 Å². The summed E-state index contributed by atoms with van der Waals surface area (Å²) in [4.78, 5) is 64.6. The average molecular weight is 991 g/mol. The lowest BCUT2D eigenvalue weighted by atomic mass is 9.91. The van der Waals surface area contributed by atoms with Crippen molar-refractivity contribution in [2.75, 3.05) is 34.4 Å². The maximum Gasteiger partial charge on any atom is 0.252 e. The Bertz CT molecular complexity index is 2430. The third kappa shape index (κ3) is 9.78. The standard InChI is InChI=1S/C39H50Cl3N17O8/c1-3-43-31(64)25-21(60)23(62)33(66-25)58-13-45-19-27(51-35(40)53-29(19)58)47-15-5-9-17(10-6-15)49-38-55-37(42)56-39(57-38)50-18-11-7-16(8-12-18)48-28-20-30(54-36(41)52-28)59(14-46-20)34-24(63)22(61)26(67-34)32(65)44-4-2/h13-18,21-26,33-34,60-63H,3-12H2,1-2H3,(H,43,64)(H,44,65)(H,47,51,53)(H,48,52,54)(H2,49,50,55,56,57)/t15-,16-,17-,18-,21-,22-,23+,24+,25-,26-,33+,34+/m0/s1. The van der Waals surface area contributed by atoms with E-state index in [1.165, 1.54) is 21.8 Å². The lowest BCUT2D eigenvalue weighted by Gasteiger charge is -2.31. The minimum absolute atomic E-state index is 0.0119. The first-order valence-electron chi connectivity index (χ1n) is 22.1. The van der Waals surface area contributed by atoms with E-state index in [-0.39, 0.29) is 51.3 Å². The molecule has 2 aliphatic heterocycles. The quantitative estimate of drug-likeness (QED) is 0.0701. The number of carbonyl (C=O) groups excluding carboxylic acids is 2. The van der Waals surface area contributed by atoms with Gasteiger partial charge >= 0.3 is 0 Å². The molecule has 5 aromatic heterocycles. The Balaban J connectivity index is 0.772. The summed E-state index contributed by atoms with van der Waals surface area (Å²) in [5, 5.41) is 61.6. The second-order valence-electron chi connectivity index (χ2n) is 16.9. The number of halogens is 3. The fourth-order valence-corrected chi connectivity index (χ4v) is 9.60. The van der Waals surface area contributed by atoms with E-state index in [0.29, 0.717) is 47.7 Å². The summed E-state index contributed by atoms with van der Waals surface area (Å²) in [7, 11) is 0. The number of aromatic nitrogens is 11. The van der Waals surface area contributed by atoms with Gasteiger partial charge in [0.05, 0.1) is 12.7 Å². The molecule has 9 rings (SSSR count). The predicted molar refractivity (Wildman–Crippen MR) is 241 cm³/mol. The fraction of sp³-hybridized carbons (Fsp3) is 0.615. The van der Waals surface area contributed by atoms with Crippen molar-refractivity contribution in [1.29, 1.82) is 0 Å². The molecule has 28 heteroatoms. The number of nitrogens with one attached hydrogen (secondary N) is 6. The van der Waals surface area contributed by atoms with Crippen molar-refractivity contribution in [2.45, 2.75) is 138 Å². The van der Waals surface area contributed by atoms with Crippen LogP contribution in [0.1, 0.15) is 77.7 Å². The van der Waals surface area contributed by atoms with Gasteiger partial charge < -0.3 is 61.8 Å². The minimum atomic E-state index is -1.46. The molecule has 4 fully saturated rings. The molecule has 7 heterocycles. The van der Waals surface area contributed by atoms with Crippen LogP contribution in [0.2, 0.25) is 15.9 Å². The molecule has 5 aromatic rings. The largest absolute Gasteiger partial charge is 0.387 e.